The molecular weight excluding hydrogens is 216 g/mol. The van der Waals surface area contributed by atoms with Gasteiger partial charge in [0.2, 0.25) is 0 Å². The number of carbonyl (C=O) groups excluding carboxylic acids is 1. The van der Waals surface area contributed by atoms with Crippen molar-refractivity contribution in [3.8, 4) is 0 Å². The molecule has 4 heteroatoms. The van der Waals surface area contributed by atoms with Gasteiger partial charge in [-0.1, -0.05) is 12.8 Å². The molecule has 17 heavy (non-hydrogen) atoms. The van der Waals surface area contributed by atoms with E-state index < -0.39 is 5.54 Å². The standard InChI is InChI=1S/C13H26N2O2/c1-10(9-13(2,14)12(16)17-4)15(3)11-7-5-6-8-11/h10-11H,5-9,14H2,1-4H3. The third kappa shape index (κ3) is 3.68. The molecular formula is C13H26N2O2. The molecule has 2 unspecified atom stereocenters. The van der Waals surface area contributed by atoms with E-state index >= 15 is 0 Å². The first-order chi connectivity index (χ1) is 7.88. The lowest BCUT2D eigenvalue weighted by Gasteiger charge is -2.34. The van der Waals surface area contributed by atoms with E-state index in [4.69, 9.17) is 10.5 Å². The van der Waals surface area contributed by atoms with Crippen LogP contribution in [0.15, 0.2) is 0 Å². The van der Waals surface area contributed by atoms with Crippen molar-refractivity contribution >= 4 is 5.97 Å². The number of ether oxygens (including phenoxy) is 1. The summed E-state index contributed by atoms with van der Waals surface area (Å²) >= 11 is 0. The molecule has 100 valence electrons. The topological polar surface area (TPSA) is 55.6 Å². The van der Waals surface area contributed by atoms with Gasteiger partial charge in [0.25, 0.3) is 0 Å². The summed E-state index contributed by atoms with van der Waals surface area (Å²) in [6, 6.07) is 0.950. The third-order valence-corrected chi connectivity index (χ3v) is 3.97. The van der Waals surface area contributed by atoms with Crippen LogP contribution in [0, 0.1) is 0 Å². The minimum Gasteiger partial charge on any atom is -0.468 e. The second-order valence-corrected chi connectivity index (χ2v) is 5.57. The van der Waals surface area contributed by atoms with Crippen molar-refractivity contribution in [2.24, 2.45) is 5.73 Å². The van der Waals surface area contributed by atoms with Gasteiger partial charge in [-0.2, -0.15) is 0 Å². The molecule has 0 aromatic rings. The van der Waals surface area contributed by atoms with Crippen molar-refractivity contribution in [3.05, 3.63) is 0 Å². The number of esters is 1. The number of rotatable bonds is 5. The van der Waals surface area contributed by atoms with Crippen LogP contribution in [0.3, 0.4) is 0 Å². The van der Waals surface area contributed by atoms with Crippen molar-refractivity contribution < 1.29 is 9.53 Å². The Balaban J connectivity index is 2.52. The lowest BCUT2D eigenvalue weighted by Crippen LogP contribution is -2.51. The Bertz CT molecular complexity index is 260. The van der Waals surface area contributed by atoms with Crippen LogP contribution in [0.4, 0.5) is 0 Å². The van der Waals surface area contributed by atoms with Gasteiger partial charge >= 0.3 is 5.97 Å². The summed E-state index contributed by atoms with van der Waals surface area (Å²) in [4.78, 5) is 13.9. The van der Waals surface area contributed by atoms with Gasteiger partial charge in [0.1, 0.15) is 5.54 Å². The van der Waals surface area contributed by atoms with E-state index in [2.05, 4.69) is 18.9 Å². The van der Waals surface area contributed by atoms with Gasteiger partial charge in [-0.15, -0.1) is 0 Å². The molecule has 0 heterocycles. The summed E-state index contributed by atoms with van der Waals surface area (Å²) in [5.74, 6) is -0.329. The summed E-state index contributed by atoms with van der Waals surface area (Å²) < 4.78 is 4.74. The minimum absolute atomic E-state index is 0.298. The van der Waals surface area contributed by atoms with Gasteiger partial charge in [-0.05, 0) is 40.2 Å². The molecule has 1 saturated carbocycles. The van der Waals surface area contributed by atoms with Gasteiger partial charge in [0.05, 0.1) is 7.11 Å². The van der Waals surface area contributed by atoms with E-state index in [1.165, 1.54) is 32.8 Å². The molecule has 0 saturated heterocycles. The molecule has 4 nitrogen and oxygen atoms in total. The van der Waals surface area contributed by atoms with Gasteiger partial charge in [-0.25, -0.2) is 0 Å². The van der Waals surface area contributed by atoms with Crippen LogP contribution in [0.1, 0.15) is 46.0 Å². The summed E-state index contributed by atoms with van der Waals surface area (Å²) in [5, 5.41) is 0. The highest BCUT2D eigenvalue weighted by Gasteiger charge is 2.34. The van der Waals surface area contributed by atoms with Crippen molar-refractivity contribution in [2.45, 2.75) is 63.6 Å². The Hall–Kier alpha value is -0.610. The molecule has 0 radical (unpaired) electrons. The average Bonchev–Trinajstić information content (AvgIpc) is 2.79. The first kappa shape index (κ1) is 14.5. The van der Waals surface area contributed by atoms with Crippen LogP contribution >= 0.6 is 0 Å². The van der Waals surface area contributed by atoms with Gasteiger partial charge in [0, 0.05) is 12.1 Å². The fourth-order valence-electron chi connectivity index (χ4n) is 2.75. The quantitative estimate of drug-likeness (QED) is 0.743. The maximum atomic E-state index is 11.5. The summed E-state index contributed by atoms with van der Waals surface area (Å²) in [5.41, 5.74) is 5.12. The van der Waals surface area contributed by atoms with Crippen LogP contribution in [0.5, 0.6) is 0 Å². The molecule has 0 bridgehead atoms. The van der Waals surface area contributed by atoms with Crippen LogP contribution in [0.25, 0.3) is 0 Å². The maximum absolute atomic E-state index is 11.5. The average molecular weight is 242 g/mol. The molecule has 0 amide bonds. The minimum atomic E-state index is -0.888. The Morgan fingerprint density at radius 2 is 2.06 bits per heavy atom. The van der Waals surface area contributed by atoms with E-state index in [-0.39, 0.29) is 5.97 Å². The molecule has 1 fully saturated rings. The Morgan fingerprint density at radius 3 is 2.53 bits per heavy atom. The highest BCUT2D eigenvalue weighted by molar-refractivity contribution is 5.79. The van der Waals surface area contributed by atoms with Crippen molar-refractivity contribution in [3.63, 3.8) is 0 Å². The summed E-state index contributed by atoms with van der Waals surface area (Å²) in [6.45, 7) is 3.88. The van der Waals surface area contributed by atoms with Gasteiger partial charge in [0.15, 0.2) is 0 Å². The zero-order valence-corrected chi connectivity index (χ0v) is 11.5. The van der Waals surface area contributed by atoms with E-state index in [1.807, 2.05) is 0 Å². The molecule has 0 spiro atoms. The second kappa shape index (κ2) is 5.83. The molecule has 1 aliphatic carbocycles. The van der Waals surface area contributed by atoms with E-state index in [0.29, 0.717) is 18.5 Å². The Labute approximate surface area is 104 Å². The normalized spacial score (nSPS) is 22.5. The van der Waals surface area contributed by atoms with Crippen LogP contribution in [-0.4, -0.2) is 42.6 Å². The highest BCUT2D eigenvalue weighted by Crippen LogP contribution is 2.26. The second-order valence-electron chi connectivity index (χ2n) is 5.57. The van der Waals surface area contributed by atoms with Crippen LogP contribution in [0.2, 0.25) is 0 Å². The molecule has 1 rings (SSSR count). The first-order valence-electron chi connectivity index (χ1n) is 6.47. The molecule has 0 aromatic carbocycles. The molecule has 1 aliphatic rings. The fraction of sp³-hybridized carbons (Fsp3) is 0.923. The fourth-order valence-corrected chi connectivity index (χ4v) is 2.75. The third-order valence-electron chi connectivity index (χ3n) is 3.97. The number of hydrogen-bond donors (Lipinski definition) is 1. The smallest absolute Gasteiger partial charge is 0.325 e. The van der Waals surface area contributed by atoms with Crippen molar-refractivity contribution in [1.29, 1.82) is 0 Å². The lowest BCUT2D eigenvalue weighted by molar-refractivity contribution is -0.147. The predicted molar refractivity (Wildman–Crippen MR) is 68.7 cm³/mol. The maximum Gasteiger partial charge on any atom is 0.325 e. The lowest BCUT2D eigenvalue weighted by atomic mass is 9.93. The van der Waals surface area contributed by atoms with E-state index in [1.54, 1.807) is 6.92 Å². The number of hydrogen-bond acceptors (Lipinski definition) is 4. The van der Waals surface area contributed by atoms with Gasteiger partial charge in [-0.3, -0.25) is 4.79 Å². The summed E-state index contributed by atoms with van der Waals surface area (Å²) in [7, 11) is 3.52. The van der Waals surface area contributed by atoms with Crippen LogP contribution in [-0.2, 0) is 9.53 Å². The van der Waals surface area contributed by atoms with E-state index in [0.717, 1.165) is 0 Å². The van der Waals surface area contributed by atoms with Crippen molar-refractivity contribution in [2.75, 3.05) is 14.2 Å². The van der Waals surface area contributed by atoms with Gasteiger partial charge < -0.3 is 15.4 Å². The summed E-state index contributed by atoms with van der Waals surface area (Å²) in [6.07, 6.45) is 5.80. The number of nitrogens with two attached hydrogens (primary N) is 1. The molecule has 2 N–H and O–H groups in total. The zero-order chi connectivity index (χ0) is 13.1. The number of carbonyl (C=O) groups is 1. The SMILES string of the molecule is COC(=O)C(C)(N)CC(C)N(C)C1CCCC1. The highest BCUT2D eigenvalue weighted by atomic mass is 16.5. The molecule has 0 aliphatic heterocycles. The zero-order valence-electron chi connectivity index (χ0n) is 11.5. The Morgan fingerprint density at radius 1 is 1.53 bits per heavy atom. The van der Waals surface area contributed by atoms with Crippen LogP contribution < -0.4 is 5.73 Å². The number of methoxy groups -OCH3 is 1. The van der Waals surface area contributed by atoms with Crippen molar-refractivity contribution in [1.82, 2.24) is 4.90 Å². The monoisotopic (exact) mass is 242 g/mol. The molecule has 2 atom stereocenters. The Kier molecular flexibility index (Phi) is 4.95. The molecule has 0 aromatic heterocycles. The van der Waals surface area contributed by atoms with E-state index in [9.17, 15) is 4.79 Å². The number of nitrogens with zero attached hydrogens (tertiary/aromatic N) is 1. The predicted octanol–water partition coefficient (Wildman–Crippen LogP) is 1.53. The first-order valence-corrected chi connectivity index (χ1v) is 6.47. The largest absolute Gasteiger partial charge is 0.468 e.